The van der Waals surface area contributed by atoms with E-state index >= 15 is 0 Å². The molecule has 0 bridgehead atoms. The quantitative estimate of drug-likeness (QED) is 0.561. The summed E-state index contributed by atoms with van der Waals surface area (Å²) in [6.45, 7) is 3.14. The van der Waals surface area contributed by atoms with E-state index in [1.54, 1.807) is 7.11 Å². The Hall–Kier alpha value is -2.51. The van der Waals surface area contributed by atoms with E-state index in [0.29, 0.717) is 23.3 Å². The van der Waals surface area contributed by atoms with Crippen molar-refractivity contribution in [2.24, 2.45) is 0 Å². The monoisotopic (exact) mass is 416 g/mol. The van der Waals surface area contributed by atoms with Gasteiger partial charge in [0.25, 0.3) is 0 Å². The molecule has 28 heavy (non-hydrogen) atoms. The van der Waals surface area contributed by atoms with Crippen LogP contribution in [0.5, 0.6) is 5.75 Å². The first kappa shape index (κ1) is 20.2. The number of nitrogens with one attached hydrogen (secondary N) is 1. The average molecular weight is 417 g/mol. The summed E-state index contributed by atoms with van der Waals surface area (Å²) in [5.74, 6) is 1.70. The Bertz CT molecular complexity index is 944. The third-order valence-electron chi connectivity index (χ3n) is 4.14. The van der Waals surface area contributed by atoms with E-state index in [1.807, 2.05) is 60.0 Å². The molecule has 1 N–H and O–H groups in total. The minimum absolute atomic E-state index is 0.0744. The number of carbonyl (C=O) groups is 1. The molecule has 0 fully saturated rings. The van der Waals surface area contributed by atoms with Gasteiger partial charge in [0.1, 0.15) is 5.75 Å². The largest absolute Gasteiger partial charge is 0.496 e. The van der Waals surface area contributed by atoms with Crippen molar-refractivity contribution in [2.75, 3.05) is 12.9 Å². The van der Waals surface area contributed by atoms with Crippen LogP contribution in [0.2, 0.25) is 5.02 Å². The Morgan fingerprint density at radius 3 is 2.64 bits per heavy atom. The third kappa shape index (κ3) is 4.85. The molecule has 6 nitrogen and oxygen atoms in total. The number of amides is 1. The smallest absolute Gasteiger partial charge is 0.230 e. The summed E-state index contributed by atoms with van der Waals surface area (Å²) < 4.78 is 7.29. The van der Waals surface area contributed by atoms with Crippen LogP contribution in [0.3, 0.4) is 0 Å². The Labute approximate surface area is 173 Å². The molecule has 2 aromatic carbocycles. The molecule has 1 aromatic heterocycles. The average Bonchev–Trinajstić information content (AvgIpc) is 3.14. The number of halogens is 1. The zero-order chi connectivity index (χ0) is 19.9. The maximum atomic E-state index is 12.3. The highest BCUT2D eigenvalue weighted by molar-refractivity contribution is 7.99. The maximum Gasteiger partial charge on any atom is 0.230 e. The van der Waals surface area contributed by atoms with Gasteiger partial charge in [-0.25, -0.2) is 0 Å². The van der Waals surface area contributed by atoms with E-state index in [0.717, 1.165) is 22.7 Å². The summed E-state index contributed by atoms with van der Waals surface area (Å²) in [6.07, 6.45) is 0. The highest BCUT2D eigenvalue weighted by Crippen LogP contribution is 2.25. The van der Waals surface area contributed by atoms with E-state index in [2.05, 4.69) is 15.5 Å². The summed E-state index contributed by atoms with van der Waals surface area (Å²) in [5.41, 5.74) is 1.87. The lowest BCUT2D eigenvalue weighted by Crippen LogP contribution is -2.25. The molecule has 3 aromatic rings. The van der Waals surface area contributed by atoms with Gasteiger partial charge in [-0.2, -0.15) is 0 Å². The van der Waals surface area contributed by atoms with Crippen LogP contribution in [0.15, 0.2) is 53.7 Å². The van der Waals surface area contributed by atoms with Gasteiger partial charge in [0.15, 0.2) is 11.0 Å². The van der Waals surface area contributed by atoms with Crippen molar-refractivity contribution in [2.45, 2.75) is 25.2 Å². The highest BCUT2D eigenvalue weighted by atomic mass is 35.5. The van der Waals surface area contributed by atoms with E-state index < -0.39 is 0 Å². The van der Waals surface area contributed by atoms with Crippen LogP contribution in [0.25, 0.3) is 11.4 Å². The molecule has 0 spiro atoms. The number of methoxy groups -OCH3 is 1. The number of hydrogen-bond donors (Lipinski definition) is 1. The van der Waals surface area contributed by atoms with Crippen molar-refractivity contribution in [1.29, 1.82) is 0 Å². The van der Waals surface area contributed by atoms with Crippen molar-refractivity contribution < 1.29 is 9.53 Å². The first-order chi connectivity index (χ1) is 13.6. The number of para-hydroxylation sites is 1. The lowest BCUT2D eigenvalue weighted by atomic mass is 10.2. The summed E-state index contributed by atoms with van der Waals surface area (Å²) in [4.78, 5) is 12.3. The number of nitrogens with zero attached hydrogens (tertiary/aromatic N) is 3. The molecule has 0 unspecified atom stereocenters. The van der Waals surface area contributed by atoms with Crippen LogP contribution < -0.4 is 10.1 Å². The zero-order valence-corrected chi connectivity index (χ0v) is 17.3. The van der Waals surface area contributed by atoms with E-state index in [9.17, 15) is 4.79 Å². The fourth-order valence-corrected chi connectivity index (χ4v) is 3.68. The van der Waals surface area contributed by atoms with Crippen molar-refractivity contribution >= 4 is 29.3 Å². The summed E-state index contributed by atoms with van der Waals surface area (Å²) in [5, 5.41) is 12.8. The van der Waals surface area contributed by atoms with Crippen LogP contribution in [-0.2, 0) is 17.9 Å². The van der Waals surface area contributed by atoms with Gasteiger partial charge in [0, 0.05) is 29.2 Å². The first-order valence-electron chi connectivity index (χ1n) is 8.83. The normalized spacial score (nSPS) is 10.7. The predicted molar refractivity (Wildman–Crippen MR) is 112 cm³/mol. The van der Waals surface area contributed by atoms with Gasteiger partial charge < -0.3 is 14.6 Å². The Balaban J connectivity index is 1.61. The molecule has 0 aliphatic carbocycles. The number of ether oxygens (including phenoxy) is 1. The second-order valence-corrected chi connectivity index (χ2v) is 7.31. The number of thioether (sulfide) groups is 1. The molecule has 0 radical (unpaired) electrons. The molecule has 0 saturated heterocycles. The molecular formula is C20H21ClN4O2S. The molecule has 0 aliphatic heterocycles. The standard InChI is InChI=1S/C20H21ClN4O2S/c1-3-25-19(14-8-10-16(21)11-9-14)23-24-20(25)28-13-18(26)22-12-15-6-4-5-7-17(15)27-2/h4-11H,3,12-13H2,1-2H3,(H,22,26). The van der Waals surface area contributed by atoms with Crippen LogP contribution in [0, 0.1) is 0 Å². The third-order valence-corrected chi connectivity index (χ3v) is 5.36. The van der Waals surface area contributed by atoms with Gasteiger partial charge >= 0.3 is 0 Å². The number of benzene rings is 2. The molecule has 3 rings (SSSR count). The molecule has 8 heteroatoms. The first-order valence-corrected chi connectivity index (χ1v) is 10.2. The van der Waals surface area contributed by atoms with Gasteiger partial charge in [0.2, 0.25) is 5.91 Å². The Kier molecular flexibility index (Phi) is 6.95. The molecule has 0 saturated carbocycles. The van der Waals surface area contributed by atoms with Crippen molar-refractivity contribution in [3.05, 3.63) is 59.1 Å². The van der Waals surface area contributed by atoms with Gasteiger partial charge in [-0.3, -0.25) is 4.79 Å². The van der Waals surface area contributed by atoms with Crippen molar-refractivity contribution in [3.63, 3.8) is 0 Å². The van der Waals surface area contributed by atoms with E-state index in [-0.39, 0.29) is 11.7 Å². The second kappa shape index (κ2) is 9.61. The minimum atomic E-state index is -0.0744. The van der Waals surface area contributed by atoms with Crippen LogP contribution in [0.4, 0.5) is 0 Å². The summed E-state index contributed by atoms with van der Waals surface area (Å²) >= 11 is 7.32. The second-order valence-electron chi connectivity index (χ2n) is 5.93. The predicted octanol–water partition coefficient (Wildman–Crippen LogP) is 4.04. The number of rotatable bonds is 8. The van der Waals surface area contributed by atoms with Crippen molar-refractivity contribution in [1.82, 2.24) is 20.1 Å². The minimum Gasteiger partial charge on any atom is -0.496 e. The Morgan fingerprint density at radius 2 is 1.93 bits per heavy atom. The number of aromatic nitrogens is 3. The Morgan fingerprint density at radius 1 is 1.18 bits per heavy atom. The van der Waals surface area contributed by atoms with E-state index in [1.165, 1.54) is 11.8 Å². The molecule has 1 heterocycles. The SMILES string of the molecule is CCn1c(SCC(=O)NCc2ccccc2OC)nnc1-c1ccc(Cl)cc1. The molecule has 0 atom stereocenters. The lowest BCUT2D eigenvalue weighted by Gasteiger charge is -2.10. The zero-order valence-electron chi connectivity index (χ0n) is 15.7. The van der Waals surface area contributed by atoms with E-state index in [4.69, 9.17) is 16.3 Å². The van der Waals surface area contributed by atoms with Gasteiger partial charge in [-0.1, -0.05) is 41.6 Å². The molecule has 146 valence electrons. The topological polar surface area (TPSA) is 69.0 Å². The van der Waals surface area contributed by atoms with Crippen LogP contribution in [-0.4, -0.2) is 33.5 Å². The van der Waals surface area contributed by atoms with Crippen LogP contribution >= 0.6 is 23.4 Å². The fraction of sp³-hybridized carbons (Fsp3) is 0.250. The number of hydrogen-bond acceptors (Lipinski definition) is 5. The molecule has 0 aliphatic rings. The summed E-state index contributed by atoms with van der Waals surface area (Å²) in [7, 11) is 1.62. The fourth-order valence-electron chi connectivity index (χ4n) is 2.72. The summed E-state index contributed by atoms with van der Waals surface area (Å²) in [6, 6.07) is 15.1. The van der Waals surface area contributed by atoms with Crippen LogP contribution in [0.1, 0.15) is 12.5 Å². The number of carbonyl (C=O) groups excluding carboxylic acids is 1. The van der Waals surface area contributed by atoms with Gasteiger partial charge in [-0.05, 0) is 37.3 Å². The van der Waals surface area contributed by atoms with Gasteiger partial charge in [0.05, 0.1) is 12.9 Å². The highest BCUT2D eigenvalue weighted by Gasteiger charge is 2.14. The lowest BCUT2D eigenvalue weighted by molar-refractivity contribution is -0.118. The maximum absolute atomic E-state index is 12.3. The van der Waals surface area contributed by atoms with Gasteiger partial charge in [-0.15, -0.1) is 10.2 Å². The van der Waals surface area contributed by atoms with Crippen molar-refractivity contribution in [3.8, 4) is 17.1 Å². The molecular weight excluding hydrogens is 396 g/mol. The molecule has 1 amide bonds.